The molecule has 3 rings (SSSR count). The molecule has 0 unspecified atom stereocenters. The highest BCUT2D eigenvalue weighted by molar-refractivity contribution is 7.90. The Kier molecular flexibility index (Phi) is 7.61. The smallest absolute Gasteiger partial charge is 0.156 e. The number of nitrogens with two attached hydrogens (primary N) is 1. The van der Waals surface area contributed by atoms with Crippen LogP contribution in [0.5, 0.6) is 0 Å². The van der Waals surface area contributed by atoms with Crippen LogP contribution >= 0.6 is 23.7 Å². The van der Waals surface area contributed by atoms with Gasteiger partial charge in [0, 0.05) is 10.7 Å². The van der Waals surface area contributed by atoms with Gasteiger partial charge in [-0.2, -0.15) is 0 Å². The van der Waals surface area contributed by atoms with Crippen LogP contribution in [0.25, 0.3) is 10.1 Å². The van der Waals surface area contributed by atoms with Crippen molar-refractivity contribution in [1.29, 1.82) is 0 Å². The predicted octanol–water partition coefficient (Wildman–Crippen LogP) is 3.78. The normalized spacial score (nSPS) is 12.7. The molecule has 0 saturated carbocycles. The van der Waals surface area contributed by atoms with E-state index in [4.69, 9.17) is 10.5 Å². The first-order valence-electron chi connectivity index (χ1n) is 8.06. The summed E-state index contributed by atoms with van der Waals surface area (Å²) in [7, 11) is -3.28. The van der Waals surface area contributed by atoms with Crippen molar-refractivity contribution in [3.63, 3.8) is 0 Å². The van der Waals surface area contributed by atoms with E-state index in [0.29, 0.717) is 6.61 Å². The zero-order valence-electron chi connectivity index (χ0n) is 14.2. The second-order valence-electron chi connectivity index (χ2n) is 6.11. The Hall–Kier alpha value is -1.44. The number of sulfone groups is 1. The Balaban J connectivity index is 0.00000243. The molecular formula is C19H22ClNO3S2. The number of rotatable bonds is 8. The number of ether oxygens (including phenoxy) is 1. The van der Waals surface area contributed by atoms with Crippen molar-refractivity contribution in [3.8, 4) is 0 Å². The van der Waals surface area contributed by atoms with Crippen LogP contribution in [0, 0.1) is 0 Å². The van der Waals surface area contributed by atoms with Crippen LogP contribution in [0.3, 0.4) is 0 Å². The summed E-state index contributed by atoms with van der Waals surface area (Å²) in [6, 6.07) is 17.0. The average Bonchev–Trinajstić information content (AvgIpc) is 3.02. The second-order valence-corrected chi connectivity index (χ2v) is 9.17. The van der Waals surface area contributed by atoms with Gasteiger partial charge in [0.1, 0.15) is 0 Å². The van der Waals surface area contributed by atoms with Gasteiger partial charge in [0.25, 0.3) is 0 Å². The molecule has 140 valence electrons. The topological polar surface area (TPSA) is 69.4 Å². The van der Waals surface area contributed by atoms with Crippen molar-refractivity contribution < 1.29 is 13.2 Å². The van der Waals surface area contributed by atoms with Crippen LogP contribution in [-0.2, 0) is 26.9 Å². The summed E-state index contributed by atoms with van der Waals surface area (Å²) in [5.41, 5.74) is 7.79. The van der Waals surface area contributed by atoms with Gasteiger partial charge in [0.05, 0.1) is 24.7 Å². The van der Waals surface area contributed by atoms with Crippen molar-refractivity contribution >= 4 is 43.7 Å². The summed E-state index contributed by atoms with van der Waals surface area (Å²) >= 11 is 1.65. The second kappa shape index (κ2) is 9.48. The van der Waals surface area contributed by atoms with Gasteiger partial charge in [-0.3, -0.25) is 0 Å². The molecule has 26 heavy (non-hydrogen) atoms. The third-order valence-corrected chi connectivity index (χ3v) is 6.42. The molecule has 0 bridgehead atoms. The average molecular weight is 412 g/mol. The van der Waals surface area contributed by atoms with Gasteiger partial charge < -0.3 is 10.5 Å². The zero-order chi connectivity index (χ0) is 17.7. The van der Waals surface area contributed by atoms with Crippen molar-refractivity contribution in [2.45, 2.75) is 18.4 Å². The Morgan fingerprint density at radius 2 is 1.81 bits per heavy atom. The molecule has 0 amide bonds. The van der Waals surface area contributed by atoms with E-state index in [1.54, 1.807) is 11.3 Å². The predicted molar refractivity (Wildman–Crippen MR) is 111 cm³/mol. The molecule has 0 saturated heterocycles. The fraction of sp³-hybridized carbons (Fsp3) is 0.263. The van der Waals surface area contributed by atoms with Gasteiger partial charge in [-0.1, -0.05) is 36.4 Å². The standard InChI is InChI=1S/C19H21NO3S2.ClH/c20-18(12-23-11-15-4-2-1-3-5-15)14-25(21,22)13-16-6-7-19-17(10-16)8-9-24-19;/h1-10,18H,11-14,20H2;1H/t18-;/m0./s1. The van der Waals surface area contributed by atoms with Crippen molar-refractivity contribution in [3.05, 3.63) is 71.1 Å². The molecule has 1 heterocycles. The molecule has 0 spiro atoms. The Bertz CT molecular complexity index is 926. The van der Waals surface area contributed by atoms with Crippen LogP contribution in [0.4, 0.5) is 0 Å². The molecule has 0 fully saturated rings. The Labute approximate surface area is 164 Å². The molecule has 0 aliphatic carbocycles. The molecule has 3 aromatic rings. The van der Waals surface area contributed by atoms with Crippen molar-refractivity contribution in [2.24, 2.45) is 5.73 Å². The summed E-state index contributed by atoms with van der Waals surface area (Å²) in [5, 5.41) is 3.08. The molecular weight excluding hydrogens is 390 g/mol. The molecule has 1 aromatic heterocycles. The van der Waals surface area contributed by atoms with Crippen molar-refractivity contribution in [1.82, 2.24) is 0 Å². The highest BCUT2D eigenvalue weighted by Gasteiger charge is 2.17. The molecule has 1 atom stereocenters. The first-order chi connectivity index (χ1) is 12.0. The van der Waals surface area contributed by atoms with Gasteiger partial charge in [-0.05, 0) is 40.1 Å². The van der Waals surface area contributed by atoms with Crippen LogP contribution < -0.4 is 5.73 Å². The van der Waals surface area contributed by atoms with Gasteiger partial charge in [-0.15, -0.1) is 23.7 Å². The molecule has 2 N–H and O–H groups in total. The number of hydrogen-bond donors (Lipinski definition) is 1. The third kappa shape index (κ3) is 6.07. The minimum Gasteiger partial charge on any atom is -0.375 e. The highest BCUT2D eigenvalue weighted by atomic mass is 35.5. The molecule has 0 radical (unpaired) electrons. The molecule has 4 nitrogen and oxygen atoms in total. The van der Waals surface area contributed by atoms with Crippen LogP contribution in [0.15, 0.2) is 60.0 Å². The van der Waals surface area contributed by atoms with Crippen LogP contribution in [0.1, 0.15) is 11.1 Å². The van der Waals surface area contributed by atoms with Gasteiger partial charge in [0.15, 0.2) is 9.84 Å². The van der Waals surface area contributed by atoms with E-state index in [1.165, 1.54) is 0 Å². The number of halogens is 1. The van der Waals surface area contributed by atoms with Gasteiger partial charge >= 0.3 is 0 Å². The first kappa shape index (κ1) is 20.9. The van der Waals surface area contributed by atoms with E-state index in [-0.39, 0.29) is 30.5 Å². The largest absolute Gasteiger partial charge is 0.375 e. The maximum absolute atomic E-state index is 12.4. The number of benzene rings is 2. The van der Waals surface area contributed by atoms with Crippen molar-refractivity contribution in [2.75, 3.05) is 12.4 Å². The highest BCUT2D eigenvalue weighted by Crippen LogP contribution is 2.22. The minimum atomic E-state index is -3.28. The monoisotopic (exact) mass is 411 g/mol. The van der Waals surface area contributed by atoms with Gasteiger partial charge in [0.2, 0.25) is 0 Å². The molecule has 2 aromatic carbocycles. The minimum absolute atomic E-state index is 0. The van der Waals surface area contributed by atoms with Gasteiger partial charge in [-0.25, -0.2) is 8.42 Å². The number of thiophene rings is 1. The van der Waals surface area contributed by atoms with E-state index >= 15 is 0 Å². The Morgan fingerprint density at radius 1 is 1.04 bits per heavy atom. The zero-order valence-corrected chi connectivity index (χ0v) is 16.7. The molecule has 0 aliphatic rings. The summed E-state index contributed by atoms with van der Waals surface area (Å²) in [5.74, 6) is -0.0748. The lowest BCUT2D eigenvalue weighted by Crippen LogP contribution is -2.34. The summed E-state index contributed by atoms with van der Waals surface area (Å²) in [6.45, 7) is 0.654. The SMILES string of the molecule is Cl.N[C@@H](COCc1ccccc1)CS(=O)(=O)Cc1ccc2sccc2c1. The summed E-state index contributed by atoms with van der Waals surface area (Å²) in [6.07, 6.45) is 0. The Morgan fingerprint density at radius 3 is 2.58 bits per heavy atom. The summed E-state index contributed by atoms with van der Waals surface area (Å²) in [4.78, 5) is 0. The molecule has 0 aliphatic heterocycles. The lowest BCUT2D eigenvalue weighted by Gasteiger charge is -2.13. The third-order valence-electron chi connectivity index (χ3n) is 3.81. The lowest BCUT2D eigenvalue weighted by atomic mass is 10.2. The molecule has 7 heteroatoms. The number of hydrogen-bond acceptors (Lipinski definition) is 5. The fourth-order valence-electron chi connectivity index (χ4n) is 2.70. The number of fused-ring (bicyclic) bond motifs is 1. The first-order valence-corrected chi connectivity index (χ1v) is 10.8. The van der Waals surface area contributed by atoms with E-state index < -0.39 is 15.9 Å². The fourth-order valence-corrected chi connectivity index (χ4v) is 5.02. The van der Waals surface area contributed by atoms with E-state index in [2.05, 4.69) is 0 Å². The van der Waals surface area contributed by atoms with Crippen LogP contribution in [-0.4, -0.2) is 26.8 Å². The quantitative estimate of drug-likeness (QED) is 0.612. The summed E-state index contributed by atoms with van der Waals surface area (Å²) < 4.78 is 31.5. The van der Waals surface area contributed by atoms with E-state index in [0.717, 1.165) is 21.2 Å². The lowest BCUT2D eigenvalue weighted by molar-refractivity contribution is 0.112. The maximum atomic E-state index is 12.4. The maximum Gasteiger partial charge on any atom is 0.156 e. The van der Waals surface area contributed by atoms with E-state index in [1.807, 2.05) is 60.0 Å². The van der Waals surface area contributed by atoms with Crippen LogP contribution in [0.2, 0.25) is 0 Å². The van der Waals surface area contributed by atoms with E-state index in [9.17, 15) is 8.42 Å².